The number of nitrogens with zero attached hydrogens (tertiary/aromatic N) is 2. The number of hydrogen-bond donors (Lipinski definition) is 5. The number of nitrogens with one attached hydrogen (secondary N) is 2. The summed E-state index contributed by atoms with van der Waals surface area (Å²) in [6.07, 6.45) is 2.17. The van der Waals surface area contributed by atoms with E-state index in [0.717, 1.165) is 22.3 Å². The van der Waals surface area contributed by atoms with Crippen LogP contribution in [0.25, 0.3) is 11.1 Å². The van der Waals surface area contributed by atoms with Gasteiger partial charge in [0.15, 0.2) is 11.7 Å². The summed E-state index contributed by atoms with van der Waals surface area (Å²) in [5.74, 6) is -2.31. The van der Waals surface area contributed by atoms with Gasteiger partial charge in [-0.25, -0.2) is 9.78 Å². The molecule has 0 saturated carbocycles. The molecule has 11 nitrogen and oxygen atoms in total. The second-order valence-electron chi connectivity index (χ2n) is 10.2. The van der Waals surface area contributed by atoms with E-state index in [1.165, 1.54) is 6.26 Å². The Bertz CT molecular complexity index is 1370. The normalized spacial score (nSPS) is 13.7. The van der Waals surface area contributed by atoms with Crippen LogP contribution >= 0.6 is 0 Å². The van der Waals surface area contributed by atoms with Gasteiger partial charge < -0.3 is 31.6 Å². The summed E-state index contributed by atoms with van der Waals surface area (Å²) < 4.78 is 5.64. The molecule has 3 aromatic rings. The highest BCUT2D eigenvalue weighted by atomic mass is 16.4. The lowest BCUT2D eigenvalue weighted by Gasteiger charge is -2.21. The van der Waals surface area contributed by atoms with Crippen molar-refractivity contribution in [2.24, 2.45) is 22.4 Å². The summed E-state index contributed by atoms with van der Waals surface area (Å²) in [6, 6.07) is 13.9. The van der Waals surface area contributed by atoms with Crippen LogP contribution in [0.5, 0.6) is 0 Å². The molecule has 0 spiro atoms. The third-order valence-electron chi connectivity index (χ3n) is 6.72. The van der Waals surface area contributed by atoms with Crippen molar-refractivity contribution in [1.29, 1.82) is 0 Å². The summed E-state index contributed by atoms with van der Waals surface area (Å²) in [7, 11) is 0. The Labute approximate surface area is 232 Å². The van der Waals surface area contributed by atoms with Gasteiger partial charge in [0.2, 0.25) is 11.8 Å². The number of amides is 2. The van der Waals surface area contributed by atoms with Crippen molar-refractivity contribution in [3.8, 4) is 11.1 Å². The molecule has 11 heteroatoms. The third-order valence-corrected chi connectivity index (χ3v) is 6.72. The highest BCUT2D eigenvalue weighted by molar-refractivity contribution is 5.96. The highest BCUT2D eigenvalue weighted by Crippen LogP contribution is 2.44. The quantitative estimate of drug-likeness (QED) is 0.130. The molecule has 0 bridgehead atoms. The molecule has 0 saturated heterocycles. The van der Waals surface area contributed by atoms with E-state index < -0.39 is 29.9 Å². The van der Waals surface area contributed by atoms with Crippen molar-refractivity contribution < 1.29 is 23.9 Å². The molecule has 2 aromatic carbocycles. The van der Waals surface area contributed by atoms with Crippen molar-refractivity contribution in [2.75, 3.05) is 6.54 Å². The molecule has 2 atom stereocenters. The fourth-order valence-corrected chi connectivity index (χ4v) is 4.93. The zero-order chi connectivity index (χ0) is 28.8. The van der Waals surface area contributed by atoms with E-state index in [1.54, 1.807) is 0 Å². The largest absolute Gasteiger partial charge is 0.480 e. The number of guanidine groups is 1. The number of carboxylic acid groups (broad SMARTS) is 1. The van der Waals surface area contributed by atoms with E-state index in [-0.39, 0.29) is 42.3 Å². The number of rotatable bonds is 12. The molecule has 1 heterocycles. The maximum Gasteiger partial charge on any atom is 0.326 e. The Hall–Kier alpha value is -4.67. The number of aromatic nitrogens is 1. The summed E-state index contributed by atoms with van der Waals surface area (Å²) in [5, 5.41) is 15.1. The van der Waals surface area contributed by atoms with Gasteiger partial charge in [-0.2, -0.15) is 0 Å². The van der Waals surface area contributed by atoms with Gasteiger partial charge in [0.05, 0.1) is 5.92 Å². The lowest BCUT2D eigenvalue weighted by Crippen LogP contribution is -2.41. The van der Waals surface area contributed by atoms with Crippen LogP contribution < -0.4 is 22.1 Å². The second-order valence-corrected chi connectivity index (χ2v) is 10.2. The molecule has 210 valence electrons. The van der Waals surface area contributed by atoms with Gasteiger partial charge >= 0.3 is 5.97 Å². The number of carbonyl (C=O) groups excluding carboxylic acids is 2. The minimum Gasteiger partial charge on any atom is -0.480 e. The number of nitrogens with two attached hydrogens (primary N) is 2. The molecule has 2 amide bonds. The summed E-state index contributed by atoms with van der Waals surface area (Å²) in [4.78, 5) is 46.3. The topological polar surface area (TPSA) is 186 Å². The second kappa shape index (κ2) is 12.5. The van der Waals surface area contributed by atoms with Gasteiger partial charge in [0, 0.05) is 6.54 Å². The molecule has 7 N–H and O–H groups in total. The Morgan fingerprint density at radius 3 is 2.23 bits per heavy atom. The van der Waals surface area contributed by atoms with Crippen molar-refractivity contribution in [1.82, 2.24) is 15.6 Å². The molecule has 1 aliphatic carbocycles. The minimum absolute atomic E-state index is 0.0787. The Balaban J connectivity index is 1.49. The number of benzene rings is 2. The Kier molecular flexibility index (Phi) is 8.83. The number of fused-ring (bicyclic) bond motifs is 3. The number of hydrogen-bond acceptors (Lipinski definition) is 6. The van der Waals surface area contributed by atoms with E-state index in [9.17, 15) is 19.5 Å². The van der Waals surface area contributed by atoms with Crippen molar-refractivity contribution in [3.05, 3.63) is 77.5 Å². The first-order valence-electron chi connectivity index (χ1n) is 13.2. The van der Waals surface area contributed by atoms with Crippen molar-refractivity contribution in [3.63, 3.8) is 0 Å². The van der Waals surface area contributed by atoms with Crippen LogP contribution in [-0.4, -0.2) is 46.4 Å². The maximum atomic E-state index is 13.7. The average molecular weight is 547 g/mol. The van der Waals surface area contributed by atoms with E-state index in [0.29, 0.717) is 12.8 Å². The zero-order valence-electron chi connectivity index (χ0n) is 22.5. The number of aliphatic carboxylic acids is 1. The lowest BCUT2D eigenvalue weighted by atomic mass is 9.95. The predicted octanol–water partition coefficient (Wildman–Crippen LogP) is 2.93. The van der Waals surface area contributed by atoms with Gasteiger partial charge in [-0.05, 0) is 47.4 Å². The summed E-state index contributed by atoms with van der Waals surface area (Å²) in [6.45, 7) is 4.26. The Morgan fingerprint density at radius 1 is 1.02 bits per heavy atom. The fraction of sp³-hybridized carbons (Fsp3) is 0.345. The van der Waals surface area contributed by atoms with Gasteiger partial charge in [-0.15, -0.1) is 0 Å². The molecule has 0 unspecified atom stereocenters. The highest BCUT2D eigenvalue weighted by Gasteiger charge is 2.35. The minimum atomic E-state index is -1.19. The van der Waals surface area contributed by atoms with Gasteiger partial charge in [0.1, 0.15) is 18.3 Å². The van der Waals surface area contributed by atoms with Gasteiger partial charge in [0.25, 0.3) is 5.91 Å². The lowest BCUT2D eigenvalue weighted by molar-refractivity contribution is -0.139. The van der Waals surface area contributed by atoms with Gasteiger partial charge in [-0.3, -0.25) is 14.6 Å². The standard InChI is InChI=1S/C29H34N6O5/c1-16(2)14-22(34-26(37)24-19-10-5-3-8-17(19)18-9-4-6-11-20(18)24)27-35-23(15-40-27)25(36)33-21(28(38)39)12-7-13-32-29(30)31/h3-6,8-11,15-16,21-22,24H,7,12-14H2,1-2H3,(H,33,36)(H,34,37)(H,38,39)(H4,30,31,32)/t21-,22-/m0/s1. The fourth-order valence-electron chi connectivity index (χ4n) is 4.93. The first-order valence-corrected chi connectivity index (χ1v) is 13.2. The van der Waals surface area contributed by atoms with E-state index in [4.69, 9.17) is 15.9 Å². The molecular formula is C29H34N6O5. The molecule has 0 fully saturated rings. The van der Waals surface area contributed by atoms with Crippen molar-refractivity contribution in [2.45, 2.75) is 51.1 Å². The van der Waals surface area contributed by atoms with Crippen LogP contribution in [0, 0.1) is 5.92 Å². The third kappa shape index (κ3) is 6.48. The van der Waals surface area contributed by atoms with Crippen LogP contribution in [0.2, 0.25) is 0 Å². The smallest absolute Gasteiger partial charge is 0.326 e. The molecule has 1 aromatic heterocycles. The summed E-state index contributed by atoms with van der Waals surface area (Å²) >= 11 is 0. The van der Waals surface area contributed by atoms with Gasteiger partial charge in [-0.1, -0.05) is 62.4 Å². The Morgan fingerprint density at radius 2 is 1.65 bits per heavy atom. The number of carboxylic acids is 1. The molecule has 0 radical (unpaired) electrons. The van der Waals surface area contributed by atoms with Crippen LogP contribution in [0.15, 0.2) is 64.2 Å². The van der Waals surface area contributed by atoms with Crippen LogP contribution in [0.3, 0.4) is 0 Å². The SMILES string of the molecule is CC(C)C[C@H](NC(=O)C1c2ccccc2-c2ccccc21)c1nc(C(=O)N[C@@H](CCCN=C(N)N)C(=O)O)co1. The molecule has 0 aliphatic heterocycles. The van der Waals surface area contributed by atoms with E-state index in [2.05, 4.69) is 20.6 Å². The molecule has 4 rings (SSSR count). The van der Waals surface area contributed by atoms with Crippen molar-refractivity contribution >= 4 is 23.7 Å². The van der Waals surface area contributed by atoms with Crippen LogP contribution in [-0.2, 0) is 9.59 Å². The first-order chi connectivity index (χ1) is 19.2. The summed E-state index contributed by atoms with van der Waals surface area (Å²) in [5.41, 5.74) is 14.4. The molecule has 1 aliphatic rings. The van der Waals surface area contributed by atoms with Crippen LogP contribution in [0.1, 0.15) is 72.6 Å². The first kappa shape index (κ1) is 28.3. The molecule has 40 heavy (non-hydrogen) atoms. The van der Waals surface area contributed by atoms with E-state index in [1.807, 2.05) is 62.4 Å². The monoisotopic (exact) mass is 546 g/mol. The predicted molar refractivity (Wildman–Crippen MR) is 149 cm³/mol. The number of aliphatic imine (C=N–C) groups is 1. The van der Waals surface area contributed by atoms with E-state index >= 15 is 0 Å². The maximum absolute atomic E-state index is 13.7. The average Bonchev–Trinajstić information content (AvgIpc) is 3.53. The zero-order valence-corrected chi connectivity index (χ0v) is 22.5. The number of carbonyl (C=O) groups is 3. The van der Waals surface area contributed by atoms with Crippen LogP contribution in [0.4, 0.5) is 0 Å². The molecular weight excluding hydrogens is 512 g/mol. The number of oxazole rings is 1.